The third kappa shape index (κ3) is 1.88. The van der Waals surface area contributed by atoms with Crippen molar-refractivity contribution in [1.29, 1.82) is 0 Å². The van der Waals surface area contributed by atoms with Crippen LogP contribution in [0.15, 0.2) is 21.2 Å². The van der Waals surface area contributed by atoms with Gasteiger partial charge in [0.2, 0.25) is 0 Å². The number of carbonyl (C=O) groups is 1. The number of methoxy groups -OCH3 is 1. The molecule has 0 fully saturated rings. The van der Waals surface area contributed by atoms with Crippen molar-refractivity contribution in [2.45, 2.75) is 5.92 Å². The topological polar surface area (TPSA) is 39.4 Å². The second-order valence-electron chi connectivity index (χ2n) is 2.17. The second kappa shape index (κ2) is 3.45. The van der Waals surface area contributed by atoms with E-state index in [1.165, 1.54) is 6.07 Å². The van der Waals surface area contributed by atoms with E-state index < -0.39 is 17.7 Å². The molecule has 13 heavy (non-hydrogen) atoms. The first-order chi connectivity index (χ1) is 5.98. The molecule has 1 heterocycles. The molecule has 0 amide bonds. The van der Waals surface area contributed by atoms with Gasteiger partial charge in [0.15, 0.2) is 10.4 Å². The van der Waals surface area contributed by atoms with Crippen molar-refractivity contribution in [3.05, 3.63) is 22.6 Å². The van der Waals surface area contributed by atoms with Crippen LogP contribution >= 0.6 is 15.9 Å². The summed E-state index contributed by atoms with van der Waals surface area (Å²) in [6.07, 6.45) is 0. The van der Waals surface area contributed by atoms with Gasteiger partial charge in [-0.15, -0.1) is 0 Å². The summed E-state index contributed by atoms with van der Waals surface area (Å²) in [5.74, 6) is -6.12. The van der Waals surface area contributed by atoms with Crippen LogP contribution in [-0.4, -0.2) is 13.1 Å². The average molecular weight is 255 g/mol. The van der Waals surface area contributed by atoms with Crippen molar-refractivity contribution < 1.29 is 22.7 Å². The molecule has 0 bridgehead atoms. The summed E-state index contributed by atoms with van der Waals surface area (Å²) < 4.78 is 34.5. The van der Waals surface area contributed by atoms with Gasteiger partial charge in [-0.3, -0.25) is 0 Å². The van der Waals surface area contributed by atoms with Gasteiger partial charge in [-0.2, -0.15) is 8.78 Å². The molecular weight excluding hydrogens is 250 g/mol. The van der Waals surface area contributed by atoms with Crippen molar-refractivity contribution in [3.63, 3.8) is 0 Å². The Labute approximate surface area is 80.8 Å². The highest BCUT2D eigenvalue weighted by Gasteiger charge is 2.45. The molecule has 6 heteroatoms. The molecule has 0 aliphatic carbocycles. The second-order valence-corrected chi connectivity index (χ2v) is 2.95. The van der Waals surface area contributed by atoms with Crippen LogP contribution < -0.4 is 0 Å². The SMILES string of the molecule is COC(=O)C(F)(F)c1ccc(Br)o1. The lowest BCUT2D eigenvalue weighted by atomic mass is 10.2. The zero-order valence-electron chi connectivity index (χ0n) is 6.51. The molecule has 0 N–H and O–H groups in total. The summed E-state index contributed by atoms with van der Waals surface area (Å²) in [6.45, 7) is 0. The maximum absolute atomic E-state index is 13.0. The summed E-state index contributed by atoms with van der Waals surface area (Å²) in [4.78, 5) is 10.6. The smallest absolute Gasteiger partial charge is 0.399 e. The number of rotatable bonds is 2. The Kier molecular flexibility index (Phi) is 2.70. The maximum Gasteiger partial charge on any atom is 0.399 e. The van der Waals surface area contributed by atoms with Crippen LogP contribution in [0, 0.1) is 0 Å². The van der Waals surface area contributed by atoms with Crippen molar-refractivity contribution in [1.82, 2.24) is 0 Å². The molecule has 0 aliphatic rings. The van der Waals surface area contributed by atoms with Gasteiger partial charge in [0, 0.05) is 0 Å². The maximum atomic E-state index is 13.0. The summed E-state index contributed by atoms with van der Waals surface area (Å²) >= 11 is 2.84. The summed E-state index contributed by atoms with van der Waals surface area (Å²) in [6, 6.07) is 2.27. The van der Waals surface area contributed by atoms with Gasteiger partial charge >= 0.3 is 11.9 Å². The minimum atomic E-state index is -3.74. The Morgan fingerprint density at radius 2 is 2.23 bits per heavy atom. The number of alkyl halides is 2. The highest BCUT2D eigenvalue weighted by molar-refractivity contribution is 9.10. The molecular formula is C7H5BrF2O3. The standard InChI is InChI=1S/C7H5BrF2O3/c1-12-6(11)7(9,10)4-2-3-5(8)13-4/h2-3H,1H3. The van der Waals surface area contributed by atoms with E-state index in [9.17, 15) is 13.6 Å². The monoisotopic (exact) mass is 254 g/mol. The molecule has 0 spiro atoms. The highest BCUT2D eigenvalue weighted by Crippen LogP contribution is 2.31. The van der Waals surface area contributed by atoms with Gasteiger partial charge in [0.1, 0.15) is 0 Å². The molecule has 0 saturated carbocycles. The number of furan rings is 1. The third-order valence-corrected chi connectivity index (χ3v) is 1.75. The lowest BCUT2D eigenvalue weighted by Crippen LogP contribution is -2.26. The van der Waals surface area contributed by atoms with E-state index in [2.05, 4.69) is 25.1 Å². The zero-order valence-corrected chi connectivity index (χ0v) is 8.10. The first-order valence-corrected chi connectivity index (χ1v) is 4.00. The van der Waals surface area contributed by atoms with Gasteiger partial charge in [0.05, 0.1) is 7.11 Å². The molecule has 0 unspecified atom stereocenters. The Bertz CT molecular complexity index is 321. The van der Waals surface area contributed by atoms with Crippen LogP contribution in [0.1, 0.15) is 5.76 Å². The van der Waals surface area contributed by atoms with E-state index in [1.54, 1.807) is 0 Å². The summed E-state index contributed by atoms with van der Waals surface area (Å²) in [5, 5.41) is 0. The molecule has 0 aromatic carbocycles. The molecule has 0 radical (unpaired) electrons. The minimum Gasteiger partial charge on any atom is -0.464 e. The Morgan fingerprint density at radius 1 is 1.62 bits per heavy atom. The van der Waals surface area contributed by atoms with E-state index >= 15 is 0 Å². The van der Waals surface area contributed by atoms with Crippen molar-refractivity contribution in [2.75, 3.05) is 7.11 Å². The number of esters is 1. The zero-order chi connectivity index (χ0) is 10.1. The molecule has 0 atom stereocenters. The van der Waals surface area contributed by atoms with Gasteiger partial charge in [0.25, 0.3) is 0 Å². The molecule has 72 valence electrons. The van der Waals surface area contributed by atoms with Crippen LogP contribution in [0.3, 0.4) is 0 Å². The van der Waals surface area contributed by atoms with Gasteiger partial charge in [-0.05, 0) is 28.1 Å². The summed E-state index contributed by atoms with van der Waals surface area (Å²) in [7, 11) is 0.883. The van der Waals surface area contributed by atoms with Crippen LogP contribution in [0.25, 0.3) is 0 Å². The van der Waals surface area contributed by atoms with E-state index in [1.807, 2.05) is 0 Å². The minimum absolute atomic E-state index is 0.131. The average Bonchev–Trinajstić information content (AvgIpc) is 2.50. The fraction of sp³-hybridized carbons (Fsp3) is 0.286. The Hall–Kier alpha value is -0.910. The van der Waals surface area contributed by atoms with E-state index in [4.69, 9.17) is 0 Å². The van der Waals surface area contributed by atoms with Crippen molar-refractivity contribution in [2.24, 2.45) is 0 Å². The number of ether oxygens (including phenoxy) is 1. The van der Waals surface area contributed by atoms with Crippen LogP contribution in [0.4, 0.5) is 8.78 Å². The summed E-state index contributed by atoms with van der Waals surface area (Å²) in [5.41, 5.74) is 0. The first kappa shape index (κ1) is 10.2. The van der Waals surface area contributed by atoms with Crippen molar-refractivity contribution in [3.8, 4) is 0 Å². The molecule has 0 saturated heterocycles. The van der Waals surface area contributed by atoms with Gasteiger partial charge < -0.3 is 9.15 Å². The molecule has 3 nitrogen and oxygen atoms in total. The normalized spacial score (nSPS) is 11.4. The predicted molar refractivity (Wildman–Crippen MR) is 42.3 cm³/mol. The predicted octanol–water partition coefficient (Wildman–Crippen LogP) is 2.31. The fourth-order valence-corrected chi connectivity index (χ4v) is 1.02. The fourth-order valence-electron chi connectivity index (χ4n) is 0.712. The number of hydrogen-bond donors (Lipinski definition) is 0. The van der Waals surface area contributed by atoms with Crippen molar-refractivity contribution >= 4 is 21.9 Å². The van der Waals surface area contributed by atoms with Crippen LogP contribution in [0.2, 0.25) is 0 Å². The lowest BCUT2D eigenvalue weighted by Gasteiger charge is -2.09. The van der Waals surface area contributed by atoms with E-state index in [0.29, 0.717) is 0 Å². The molecule has 1 aromatic heterocycles. The Balaban J connectivity index is 2.99. The van der Waals surface area contributed by atoms with E-state index in [0.717, 1.165) is 13.2 Å². The third-order valence-electron chi connectivity index (χ3n) is 1.32. The number of carbonyl (C=O) groups excluding carboxylic acids is 1. The number of halogens is 3. The molecule has 1 aromatic rings. The number of hydrogen-bond acceptors (Lipinski definition) is 3. The van der Waals surface area contributed by atoms with Gasteiger partial charge in [-0.1, -0.05) is 0 Å². The van der Waals surface area contributed by atoms with Crippen LogP contribution in [-0.2, 0) is 15.5 Å². The largest absolute Gasteiger partial charge is 0.464 e. The van der Waals surface area contributed by atoms with E-state index in [-0.39, 0.29) is 4.67 Å². The highest BCUT2D eigenvalue weighted by atomic mass is 79.9. The quantitative estimate of drug-likeness (QED) is 0.761. The first-order valence-electron chi connectivity index (χ1n) is 3.20. The lowest BCUT2D eigenvalue weighted by molar-refractivity contribution is -0.173. The molecule has 0 aliphatic heterocycles. The molecule has 1 rings (SSSR count). The van der Waals surface area contributed by atoms with Gasteiger partial charge in [-0.25, -0.2) is 4.79 Å². The van der Waals surface area contributed by atoms with Crippen LogP contribution in [0.5, 0.6) is 0 Å². The Morgan fingerprint density at radius 3 is 2.62 bits per heavy atom.